The minimum Gasteiger partial charge on any atom is -0.491 e. The van der Waals surface area contributed by atoms with Crippen LogP contribution in [0.5, 0.6) is 5.75 Å². The van der Waals surface area contributed by atoms with Gasteiger partial charge in [-0.25, -0.2) is 4.39 Å². The fourth-order valence-corrected chi connectivity index (χ4v) is 2.63. The van der Waals surface area contributed by atoms with Gasteiger partial charge in [0.1, 0.15) is 16.6 Å². The molecule has 0 aromatic heterocycles. The van der Waals surface area contributed by atoms with Crippen molar-refractivity contribution in [1.29, 1.82) is 0 Å². The van der Waals surface area contributed by atoms with Crippen molar-refractivity contribution >= 4 is 28.6 Å². The molecule has 0 unspecified atom stereocenters. The molecule has 108 valence electrons. The summed E-state index contributed by atoms with van der Waals surface area (Å²) >= 11 is 4.84. The number of benzene rings is 2. The fourth-order valence-electron chi connectivity index (χ4n) is 2.47. The minimum atomic E-state index is -0.400. The van der Waals surface area contributed by atoms with Crippen molar-refractivity contribution in [3.8, 4) is 5.75 Å². The van der Waals surface area contributed by atoms with E-state index in [9.17, 15) is 4.39 Å². The zero-order valence-corrected chi connectivity index (χ0v) is 12.2. The van der Waals surface area contributed by atoms with Crippen LogP contribution < -0.4 is 15.4 Å². The molecule has 0 amide bonds. The molecule has 2 aromatic rings. The van der Waals surface area contributed by atoms with Gasteiger partial charge in [-0.3, -0.25) is 0 Å². The van der Waals surface area contributed by atoms with Crippen LogP contribution in [0, 0.1) is 5.82 Å². The first-order chi connectivity index (χ1) is 10.2. The largest absolute Gasteiger partial charge is 0.491 e. The quantitative estimate of drug-likeness (QED) is 0.863. The minimum absolute atomic E-state index is 0.0682. The summed E-state index contributed by atoms with van der Waals surface area (Å²) in [5.74, 6) is 0.413. The number of anilines is 2. The smallest absolute Gasteiger partial charge is 0.142 e. The Balaban J connectivity index is 2.04. The van der Waals surface area contributed by atoms with Crippen molar-refractivity contribution < 1.29 is 9.13 Å². The first kappa shape index (κ1) is 13.8. The topological polar surface area (TPSA) is 38.5 Å². The first-order valence-corrected chi connectivity index (χ1v) is 7.16. The van der Waals surface area contributed by atoms with Crippen LogP contribution in [-0.2, 0) is 0 Å². The van der Waals surface area contributed by atoms with Crippen molar-refractivity contribution in [2.24, 2.45) is 5.73 Å². The molecule has 0 atom stereocenters. The first-order valence-electron chi connectivity index (χ1n) is 6.75. The van der Waals surface area contributed by atoms with Gasteiger partial charge in [0.15, 0.2) is 0 Å². The van der Waals surface area contributed by atoms with Crippen LogP contribution in [0.15, 0.2) is 42.5 Å². The molecule has 2 aromatic carbocycles. The van der Waals surface area contributed by atoms with Gasteiger partial charge in [-0.05, 0) is 36.8 Å². The Morgan fingerprint density at radius 2 is 2.05 bits per heavy atom. The predicted molar refractivity (Wildman–Crippen MR) is 85.8 cm³/mol. The summed E-state index contributed by atoms with van der Waals surface area (Å²) in [6.07, 6.45) is 0.868. The molecule has 0 spiro atoms. The van der Waals surface area contributed by atoms with E-state index in [2.05, 4.69) is 4.90 Å². The second kappa shape index (κ2) is 5.69. The highest BCUT2D eigenvalue weighted by Crippen LogP contribution is 2.36. The van der Waals surface area contributed by atoms with Gasteiger partial charge in [0.2, 0.25) is 0 Å². The molecular formula is C16H15FN2OS. The van der Waals surface area contributed by atoms with Crippen molar-refractivity contribution in [1.82, 2.24) is 0 Å². The summed E-state index contributed by atoms with van der Waals surface area (Å²) < 4.78 is 19.8. The van der Waals surface area contributed by atoms with Gasteiger partial charge in [-0.15, -0.1) is 0 Å². The summed E-state index contributed by atoms with van der Waals surface area (Å²) in [5.41, 5.74) is 7.48. The van der Waals surface area contributed by atoms with E-state index in [0.717, 1.165) is 30.1 Å². The molecule has 0 saturated carbocycles. The van der Waals surface area contributed by atoms with Gasteiger partial charge < -0.3 is 15.4 Å². The number of ether oxygens (including phenoxy) is 1. The van der Waals surface area contributed by atoms with Crippen LogP contribution in [0.4, 0.5) is 15.8 Å². The van der Waals surface area contributed by atoms with Gasteiger partial charge in [-0.1, -0.05) is 24.4 Å². The van der Waals surface area contributed by atoms with Gasteiger partial charge in [0, 0.05) is 17.8 Å². The van der Waals surface area contributed by atoms with E-state index in [0.29, 0.717) is 6.61 Å². The number of hydrogen-bond acceptors (Lipinski definition) is 3. The number of halogens is 1. The Morgan fingerprint density at radius 1 is 1.24 bits per heavy atom. The van der Waals surface area contributed by atoms with Gasteiger partial charge in [0.05, 0.1) is 12.3 Å². The third-order valence-electron chi connectivity index (χ3n) is 3.47. The highest BCUT2D eigenvalue weighted by atomic mass is 32.1. The molecule has 3 rings (SSSR count). The summed E-state index contributed by atoms with van der Waals surface area (Å²) in [5, 5.41) is 0. The van der Waals surface area contributed by atoms with E-state index in [1.54, 1.807) is 6.07 Å². The molecule has 2 N–H and O–H groups in total. The summed E-state index contributed by atoms with van der Waals surface area (Å²) in [6, 6.07) is 12.7. The van der Waals surface area contributed by atoms with E-state index in [4.69, 9.17) is 22.7 Å². The normalized spacial score (nSPS) is 14.0. The zero-order chi connectivity index (χ0) is 14.8. The number of para-hydroxylation sites is 2. The van der Waals surface area contributed by atoms with Gasteiger partial charge >= 0.3 is 0 Å². The number of fused-ring (bicyclic) bond motifs is 1. The maximum absolute atomic E-state index is 14.1. The predicted octanol–water partition coefficient (Wildman–Crippen LogP) is 3.38. The molecule has 1 aliphatic heterocycles. The third kappa shape index (κ3) is 2.69. The highest BCUT2D eigenvalue weighted by Gasteiger charge is 2.18. The monoisotopic (exact) mass is 302 g/mol. The van der Waals surface area contributed by atoms with Crippen LogP contribution in [-0.4, -0.2) is 18.1 Å². The van der Waals surface area contributed by atoms with Crippen LogP contribution in [0.2, 0.25) is 0 Å². The maximum Gasteiger partial charge on any atom is 0.142 e. The highest BCUT2D eigenvalue weighted by molar-refractivity contribution is 7.80. The van der Waals surface area contributed by atoms with Gasteiger partial charge in [-0.2, -0.15) is 0 Å². The molecular weight excluding hydrogens is 287 g/mol. The molecule has 5 heteroatoms. The molecule has 0 radical (unpaired) electrons. The Hall–Kier alpha value is -2.14. The second-order valence-corrected chi connectivity index (χ2v) is 5.29. The lowest BCUT2D eigenvalue weighted by Gasteiger charge is -2.24. The number of nitrogens with two attached hydrogens (primary N) is 1. The van der Waals surface area contributed by atoms with Gasteiger partial charge in [0.25, 0.3) is 0 Å². The Bertz CT molecular complexity index is 690. The van der Waals surface area contributed by atoms with E-state index in [-0.39, 0.29) is 10.6 Å². The van der Waals surface area contributed by atoms with Crippen LogP contribution in [0.25, 0.3) is 0 Å². The zero-order valence-electron chi connectivity index (χ0n) is 11.4. The van der Waals surface area contributed by atoms with E-state index < -0.39 is 5.82 Å². The van der Waals surface area contributed by atoms with E-state index >= 15 is 0 Å². The van der Waals surface area contributed by atoms with E-state index in [1.807, 2.05) is 30.3 Å². The molecule has 1 heterocycles. The molecule has 3 nitrogen and oxygen atoms in total. The van der Waals surface area contributed by atoms with Crippen molar-refractivity contribution in [3.63, 3.8) is 0 Å². The number of rotatable bonds is 2. The Kier molecular flexibility index (Phi) is 3.75. The van der Waals surface area contributed by atoms with Crippen molar-refractivity contribution in [2.45, 2.75) is 6.42 Å². The van der Waals surface area contributed by atoms with Crippen LogP contribution >= 0.6 is 12.2 Å². The average molecular weight is 302 g/mol. The molecule has 0 saturated heterocycles. The number of thiocarbonyl (C=S) groups is 1. The lowest BCUT2D eigenvalue weighted by atomic mass is 10.1. The Morgan fingerprint density at radius 3 is 2.81 bits per heavy atom. The molecule has 21 heavy (non-hydrogen) atoms. The van der Waals surface area contributed by atoms with Crippen LogP contribution in [0.3, 0.4) is 0 Å². The lowest BCUT2D eigenvalue weighted by molar-refractivity contribution is 0.322. The maximum atomic E-state index is 14.1. The van der Waals surface area contributed by atoms with Crippen molar-refractivity contribution in [3.05, 3.63) is 53.8 Å². The molecule has 0 bridgehead atoms. The standard InChI is InChI=1S/C16H15FN2OS/c17-13-10-11(6-7-12(13)16(18)21)19-8-3-9-20-15-5-2-1-4-14(15)19/h1-2,4-7,10H,3,8-9H2,(H2,18,21). The van der Waals surface area contributed by atoms with Crippen LogP contribution in [0.1, 0.15) is 12.0 Å². The lowest BCUT2D eigenvalue weighted by Crippen LogP contribution is -2.19. The summed E-state index contributed by atoms with van der Waals surface area (Å²) in [4.78, 5) is 2.12. The second-order valence-electron chi connectivity index (χ2n) is 4.85. The number of hydrogen-bond donors (Lipinski definition) is 1. The summed E-state index contributed by atoms with van der Waals surface area (Å²) in [7, 11) is 0. The Labute approximate surface area is 128 Å². The average Bonchev–Trinajstić information content (AvgIpc) is 2.69. The number of nitrogens with zero attached hydrogens (tertiary/aromatic N) is 1. The molecule has 0 fully saturated rings. The van der Waals surface area contributed by atoms with Crippen molar-refractivity contribution in [2.75, 3.05) is 18.1 Å². The summed E-state index contributed by atoms with van der Waals surface area (Å²) in [6.45, 7) is 1.42. The molecule has 0 aliphatic carbocycles. The van der Waals surface area contributed by atoms with E-state index in [1.165, 1.54) is 6.07 Å². The SMILES string of the molecule is NC(=S)c1ccc(N2CCCOc3ccccc32)cc1F. The molecule has 1 aliphatic rings. The third-order valence-corrected chi connectivity index (χ3v) is 3.69. The fraction of sp³-hybridized carbons (Fsp3) is 0.188.